The number of rotatable bonds is 15. The Morgan fingerprint density at radius 3 is 2.64 bits per heavy atom. The van der Waals surface area contributed by atoms with E-state index in [1.165, 1.54) is 0 Å². The van der Waals surface area contributed by atoms with E-state index in [1.807, 2.05) is 58.9 Å². The molecule has 0 fully saturated rings. The molecule has 1 aliphatic heterocycles. The first-order valence-electron chi connectivity index (χ1n) is 13.4. The van der Waals surface area contributed by atoms with E-state index in [2.05, 4.69) is 17.0 Å². The van der Waals surface area contributed by atoms with Crippen LogP contribution in [-0.2, 0) is 33.5 Å². The predicted octanol–water partition coefficient (Wildman–Crippen LogP) is 5.81. The predicted molar refractivity (Wildman–Crippen MR) is 155 cm³/mol. The van der Waals surface area contributed by atoms with Crippen LogP contribution in [0, 0.1) is 6.92 Å². The van der Waals surface area contributed by atoms with Crippen molar-refractivity contribution in [2.75, 3.05) is 25.9 Å². The molecule has 0 saturated heterocycles. The molecule has 1 heterocycles. The van der Waals surface area contributed by atoms with Gasteiger partial charge in [-0.25, -0.2) is 9.88 Å². The number of allylic oxidation sites excluding steroid dienone is 1. The van der Waals surface area contributed by atoms with Gasteiger partial charge < -0.3 is 24.4 Å². The number of ether oxygens (including phenoxy) is 2. The van der Waals surface area contributed by atoms with Crippen LogP contribution in [0.3, 0.4) is 0 Å². The van der Waals surface area contributed by atoms with E-state index in [9.17, 15) is 14.5 Å². The van der Waals surface area contributed by atoms with Crippen LogP contribution >= 0.6 is 7.52 Å². The summed E-state index contributed by atoms with van der Waals surface area (Å²) in [5.74, 6) is 0.594. The van der Waals surface area contributed by atoms with Crippen molar-refractivity contribution in [3.05, 3.63) is 82.1 Å². The Labute approximate surface area is 232 Å². The highest BCUT2D eigenvalue weighted by Gasteiger charge is 2.31. The quantitative estimate of drug-likeness (QED) is 0.0830. The lowest BCUT2D eigenvalue weighted by molar-refractivity contribution is 0.0533. The van der Waals surface area contributed by atoms with Crippen LogP contribution in [0.15, 0.2) is 54.3 Å². The summed E-state index contributed by atoms with van der Waals surface area (Å²) < 4.78 is 30.4. The molecule has 3 rings (SSSR count). The van der Waals surface area contributed by atoms with Crippen LogP contribution in [0.25, 0.3) is 0 Å². The van der Waals surface area contributed by atoms with Crippen LogP contribution in [0.1, 0.15) is 60.3 Å². The first-order valence-corrected chi connectivity index (χ1v) is 15.2. The Bertz CT molecular complexity index is 1260. The summed E-state index contributed by atoms with van der Waals surface area (Å²) >= 11 is 0. The summed E-state index contributed by atoms with van der Waals surface area (Å²) in [6, 6.07) is 8.74. The van der Waals surface area contributed by atoms with E-state index in [4.69, 9.17) is 14.0 Å². The number of nitrogens with one attached hydrogen (secondary N) is 2. The molecule has 0 bridgehead atoms. The monoisotopic (exact) mass is 556 g/mol. The Balaban J connectivity index is 1.64. The van der Waals surface area contributed by atoms with Crippen molar-refractivity contribution in [2.45, 2.75) is 60.1 Å². The highest BCUT2D eigenvalue weighted by atomic mass is 31.2. The van der Waals surface area contributed by atoms with Gasteiger partial charge in [0.15, 0.2) is 0 Å². The second-order valence-electron chi connectivity index (χ2n) is 9.70. The topological polar surface area (TPSA) is 106 Å². The number of cyclic esters (lactones) is 1. The van der Waals surface area contributed by atoms with Gasteiger partial charge in [-0.05, 0) is 63.8 Å². The molecule has 0 aromatic heterocycles. The number of hydrogen-bond acceptors (Lipinski definition) is 7. The average molecular weight is 557 g/mol. The third-order valence-electron chi connectivity index (χ3n) is 6.84. The number of phenols is 1. The molecule has 39 heavy (non-hydrogen) atoms. The fourth-order valence-electron chi connectivity index (χ4n) is 4.67. The molecule has 2 aromatic carbocycles. The van der Waals surface area contributed by atoms with Gasteiger partial charge in [-0.15, -0.1) is 0 Å². The number of esters is 1. The maximum absolute atomic E-state index is 13.8. The number of hydrogen-bond donors (Lipinski definition) is 3. The van der Waals surface area contributed by atoms with E-state index in [1.54, 1.807) is 12.1 Å². The standard InChI is InChI=1S/C30H41N2O6P/c1-7-25-21(4)27-19-37-30(34)28(27)29(33)26(25)15-14-20(3)18-31-16-17-39(35,32-22(5)23(6)36-8-2)38-24-12-10-9-11-13-24/h9-14,22,31,33H,6-8,15-19H2,1-5H3,(H,32,35)/b20-14+/t22-,39?/m0/s1. The number of aromatic hydroxyl groups is 1. The van der Waals surface area contributed by atoms with Gasteiger partial charge in [0.05, 0.1) is 18.8 Å². The molecular formula is C30H41N2O6P. The first kappa shape index (κ1) is 30.5. The molecule has 0 spiro atoms. The molecule has 1 unspecified atom stereocenters. The molecular weight excluding hydrogens is 515 g/mol. The lowest BCUT2D eigenvalue weighted by Crippen LogP contribution is -2.32. The minimum atomic E-state index is -3.28. The Morgan fingerprint density at radius 1 is 1.26 bits per heavy atom. The molecule has 9 heteroatoms. The fourth-order valence-corrected chi connectivity index (χ4v) is 6.59. The minimum Gasteiger partial charge on any atom is -0.507 e. The van der Waals surface area contributed by atoms with Crippen LogP contribution in [0.4, 0.5) is 0 Å². The van der Waals surface area contributed by atoms with Gasteiger partial charge in [-0.2, -0.15) is 0 Å². The molecule has 8 nitrogen and oxygen atoms in total. The number of carbonyl (C=O) groups excluding carboxylic acids is 1. The lowest BCUT2D eigenvalue weighted by atomic mass is 9.89. The number of carbonyl (C=O) groups is 1. The van der Waals surface area contributed by atoms with Gasteiger partial charge in [0.25, 0.3) is 0 Å². The van der Waals surface area contributed by atoms with Crippen LogP contribution in [-0.4, -0.2) is 43.0 Å². The number of fused-ring (bicyclic) bond motifs is 1. The van der Waals surface area contributed by atoms with Crippen LogP contribution < -0.4 is 14.9 Å². The largest absolute Gasteiger partial charge is 0.507 e. The molecule has 2 atom stereocenters. The van der Waals surface area contributed by atoms with Crippen molar-refractivity contribution in [1.29, 1.82) is 0 Å². The SMILES string of the molecule is C=C(OCC)[C@H](C)NP(=O)(CCNC/C(C)=C/Cc1c(O)c2c(c(C)c1CC)COC2=O)Oc1ccccc1. The van der Waals surface area contributed by atoms with Crippen molar-refractivity contribution in [1.82, 2.24) is 10.4 Å². The summed E-state index contributed by atoms with van der Waals surface area (Å²) in [7, 11) is -3.28. The van der Waals surface area contributed by atoms with E-state index in [0.717, 1.165) is 34.2 Å². The van der Waals surface area contributed by atoms with E-state index in [-0.39, 0.29) is 24.6 Å². The zero-order chi connectivity index (χ0) is 28.6. The zero-order valence-corrected chi connectivity index (χ0v) is 24.5. The zero-order valence-electron chi connectivity index (χ0n) is 23.6. The maximum Gasteiger partial charge on any atom is 0.342 e. The number of benzene rings is 2. The Kier molecular flexibility index (Phi) is 10.8. The highest BCUT2D eigenvalue weighted by molar-refractivity contribution is 7.57. The molecule has 2 aromatic rings. The first-order chi connectivity index (χ1) is 18.6. The number of para-hydroxylation sites is 1. The Hall–Kier alpha value is -3.06. The average Bonchev–Trinajstić information content (AvgIpc) is 3.30. The molecule has 0 aliphatic carbocycles. The second kappa shape index (κ2) is 13.8. The van der Waals surface area contributed by atoms with E-state index in [0.29, 0.717) is 43.2 Å². The van der Waals surface area contributed by atoms with E-state index < -0.39 is 13.5 Å². The van der Waals surface area contributed by atoms with Gasteiger partial charge in [0.1, 0.15) is 29.4 Å². The molecule has 212 valence electrons. The summed E-state index contributed by atoms with van der Waals surface area (Å²) in [4.78, 5) is 12.2. The van der Waals surface area contributed by atoms with Crippen molar-refractivity contribution < 1.29 is 28.5 Å². The summed E-state index contributed by atoms with van der Waals surface area (Å²) in [5.41, 5.74) is 4.97. The molecule has 3 N–H and O–H groups in total. The van der Waals surface area contributed by atoms with Gasteiger partial charge >= 0.3 is 13.5 Å². The van der Waals surface area contributed by atoms with Crippen molar-refractivity contribution in [3.63, 3.8) is 0 Å². The third kappa shape index (κ3) is 7.75. The van der Waals surface area contributed by atoms with Gasteiger partial charge in [-0.1, -0.05) is 43.4 Å². The third-order valence-corrected chi connectivity index (χ3v) is 8.94. The highest BCUT2D eigenvalue weighted by Crippen LogP contribution is 2.43. The normalized spacial score (nSPS) is 15.3. The van der Waals surface area contributed by atoms with Gasteiger partial charge in [-0.3, -0.25) is 4.57 Å². The summed E-state index contributed by atoms with van der Waals surface area (Å²) in [6.07, 6.45) is 3.54. The van der Waals surface area contributed by atoms with Crippen molar-refractivity contribution in [2.24, 2.45) is 0 Å². The maximum atomic E-state index is 13.8. The number of phenolic OH excluding ortho intramolecular Hbond substituents is 1. The van der Waals surface area contributed by atoms with Gasteiger partial charge in [0.2, 0.25) is 0 Å². The van der Waals surface area contributed by atoms with Crippen molar-refractivity contribution in [3.8, 4) is 11.5 Å². The Morgan fingerprint density at radius 2 is 1.97 bits per heavy atom. The smallest absolute Gasteiger partial charge is 0.342 e. The molecule has 0 amide bonds. The summed E-state index contributed by atoms with van der Waals surface area (Å²) in [5, 5.41) is 17.3. The summed E-state index contributed by atoms with van der Waals surface area (Å²) in [6.45, 7) is 15.4. The second-order valence-corrected chi connectivity index (χ2v) is 11.9. The molecule has 0 radical (unpaired) electrons. The van der Waals surface area contributed by atoms with E-state index >= 15 is 0 Å². The van der Waals surface area contributed by atoms with Gasteiger partial charge in [0, 0.05) is 24.2 Å². The lowest BCUT2D eigenvalue weighted by Gasteiger charge is -2.25. The van der Waals surface area contributed by atoms with Crippen LogP contribution in [0.5, 0.6) is 11.5 Å². The fraction of sp³-hybridized carbons (Fsp3) is 0.433. The van der Waals surface area contributed by atoms with Crippen molar-refractivity contribution >= 4 is 13.5 Å². The molecule has 0 saturated carbocycles. The molecule has 1 aliphatic rings. The van der Waals surface area contributed by atoms with Crippen LogP contribution in [0.2, 0.25) is 0 Å². The minimum absolute atomic E-state index is 0.0276.